The number of Topliss-reactive ketones (excluding diaryl/α,β-unsaturated/α-hetero) is 12. The van der Waals surface area contributed by atoms with E-state index in [1.807, 2.05) is 65.0 Å². The first-order valence-corrected chi connectivity index (χ1v) is 48.3. The number of aromatic hydroxyl groups is 1. The van der Waals surface area contributed by atoms with E-state index in [2.05, 4.69) is 85.2 Å². The molecule has 2 heterocycles. The predicted octanol–water partition coefficient (Wildman–Crippen LogP) is 3.04. The summed E-state index contributed by atoms with van der Waals surface area (Å²) in [6.07, 6.45) is 8.05. The molecule has 0 spiro atoms. The van der Waals surface area contributed by atoms with E-state index >= 15 is 9.59 Å². The van der Waals surface area contributed by atoms with Crippen molar-refractivity contribution in [1.82, 2.24) is 85.2 Å². The molecule has 37 heteroatoms. The molecule has 0 saturated carbocycles. The minimum Gasteiger partial charge on any atom is -0.508 e. The summed E-state index contributed by atoms with van der Waals surface area (Å²) < 4.78 is 0. The molecule has 16 atom stereocenters. The highest BCUT2D eigenvalue weighted by Crippen LogP contribution is 2.25. The molecule has 4 aromatic rings. The first kappa shape index (κ1) is 117. The van der Waals surface area contributed by atoms with Gasteiger partial charge in [0, 0.05) is 56.5 Å². The van der Waals surface area contributed by atoms with Gasteiger partial charge in [0.1, 0.15) is 23.9 Å². The number of aromatic amines is 1. The van der Waals surface area contributed by atoms with Gasteiger partial charge < -0.3 is 69.2 Å². The molecule has 0 fully saturated rings. The van der Waals surface area contributed by atoms with Crippen molar-refractivity contribution in [2.45, 2.75) is 334 Å². The number of aliphatic hydroxyl groups excluding tert-OH is 1. The lowest BCUT2D eigenvalue weighted by Gasteiger charge is -2.33. The van der Waals surface area contributed by atoms with Crippen molar-refractivity contribution >= 4 is 110 Å². The number of fused-ring (bicyclic) bond motifs is 1. The Balaban J connectivity index is 1.49. The molecule has 0 radical (unpaired) electrons. The van der Waals surface area contributed by atoms with Crippen molar-refractivity contribution < 1.29 is 91.7 Å². The summed E-state index contributed by atoms with van der Waals surface area (Å²) >= 11 is 0. The number of hydrazine groups is 2. The molecule has 1 aliphatic heterocycles. The Labute approximate surface area is 805 Å². The van der Waals surface area contributed by atoms with Gasteiger partial charge in [0.05, 0.1) is 123 Å². The van der Waals surface area contributed by atoms with Crippen LogP contribution < -0.4 is 91.7 Å². The summed E-state index contributed by atoms with van der Waals surface area (Å²) in [6.45, 7) is 21.3. The lowest BCUT2D eigenvalue weighted by Crippen LogP contribution is -2.64. The van der Waals surface area contributed by atoms with Crippen LogP contribution in [-0.4, -0.2) is 256 Å². The van der Waals surface area contributed by atoms with Crippen molar-refractivity contribution in [2.75, 3.05) is 45.9 Å². The average Bonchev–Trinajstić information content (AvgIpc) is 1.75. The molecular formula is C100H154N18O19. The van der Waals surface area contributed by atoms with E-state index in [1.54, 1.807) is 82.4 Å². The van der Waals surface area contributed by atoms with E-state index in [4.69, 9.17) is 11.5 Å². The second-order valence-corrected chi connectivity index (χ2v) is 37.6. The number of carbonyl (C=O) groups is 17. The summed E-state index contributed by atoms with van der Waals surface area (Å²) in [6, 6.07) is 7.53. The average molecular weight is 1910 g/mol. The summed E-state index contributed by atoms with van der Waals surface area (Å²) in [7, 11) is 0. The number of ketones is 12. The lowest BCUT2D eigenvalue weighted by molar-refractivity contribution is -0.142. The third-order valence-electron chi connectivity index (χ3n) is 24.9. The minimum absolute atomic E-state index is 0.0111. The van der Waals surface area contributed by atoms with Crippen LogP contribution in [0, 0.1) is 11.8 Å². The minimum atomic E-state index is -1.77. The van der Waals surface area contributed by atoms with Crippen LogP contribution in [0.1, 0.15) is 236 Å². The first-order chi connectivity index (χ1) is 64.9. The SMILES string of the molecule is CCCC[C@H](NCN[C@@H](C)C(=O)CCN[C@@H](C)C(=O)CC(=O)[C@]1(C)CCCC=CCCCCCC[C@@](C)(NN[C@@H](Cc2ccccc2)C(=O)C(=O)[C@@H](NC(=O)[C@H](CC(C)C)NC(C)=O)[C@@H](C)O)C(=O)CN[C@@H](C)C(=O)CN[C@@H](Cc2ccc(O)cc2)C(=O)N[C@@H](Cc2c[nH]c3ccccc23)C(=O)CC(=O)[C@H](C)NCC(=O)[C@H](CCC(N)=O)NN[C@@H](CC(C)C)C(=O)N1)C(=O)CN[C@@H](C)C(=O)CN. The van der Waals surface area contributed by atoms with Gasteiger partial charge in [-0.05, 0) is 179 Å². The van der Waals surface area contributed by atoms with Gasteiger partial charge in [-0.1, -0.05) is 140 Å². The number of aliphatic hydroxyl groups is 1. The van der Waals surface area contributed by atoms with Crippen molar-refractivity contribution in [2.24, 2.45) is 23.3 Å². The van der Waals surface area contributed by atoms with Gasteiger partial charge in [0.15, 0.2) is 57.8 Å². The summed E-state index contributed by atoms with van der Waals surface area (Å²) in [5.74, 6) is -10.8. The molecule has 37 nitrogen and oxygen atoms in total. The molecule has 137 heavy (non-hydrogen) atoms. The summed E-state index contributed by atoms with van der Waals surface area (Å²) in [4.78, 5) is 242. The zero-order valence-corrected chi connectivity index (χ0v) is 82.5. The number of aromatic nitrogens is 1. The van der Waals surface area contributed by atoms with Crippen molar-refractivity contribution in [3.8, 4) is 5.75 Å². The second-order valence-electron chi connectivity index (χ2n) is 37.6. The number of phenolic OH excluding ortho intramolecular Hbond substituents is 1. The van der Waals surface area contributed by atoms with Gasteiger partial charge in [-0.25, -0.2) is 21.7 Å². The molecule has 758 valence electrons. The Bertz CT molecular complexity index is 4680. The fraction of sp³-hybridized carbons (Fsp3) is 0.610. The fourth-order valence-corrected chi connectivity index (χ4v) is 15.7. The molecule has 1 aliphatic rings. The maximum Gasteiger partial charge on any atom is 0.243 e. The number of primary amides is 1. The quantitative estimate of drug-likeness (QED) is 0.00994. The van der Waals surface area contributed by atoms with E-state index in [-0.39, 0.29) is 125 Å². The predicted molar refractivity (Wildman–Crippen MR) is 523 cm³/mol. The summed E-state index contributed by atoms with van der Waals surface area (Å²) in [5, 5.41) is 54.3. The van der Waals surface area contributed by atoms with E-state index in [0.29, 0.717) is 79.0 Å². The summed E-state index contributed by atoms with van der Waals surface area (Å²) in [5.41, 5.74) is 22.3. The highest BCUT2D eigenvalue weighted by molar-refractivity contribution is 6.41. The first-order valence-electron chi connectivity index (χ1n) is 48.3. The monoisotopic (exact) mass is 1910 g/mol. The van der Waals surface area contributed by atoms with E-state index in [1.165, 1.54) is 46.8 Å². The topological polar surface area (TPSA) is 579 Å². The number of H-pyrrole nitrogens is 1. The molecule has 3 aromatic carbocycles. The number of nitrogens with one attached hydrogen (secondary N) is 16. The van der Waals surface area contributed by atoms with Gasteiger partial charge in [0.25, 0.3) is 0 Å². The van der Waals surface area contributed by atoms with Gasteiger partial charge in [-0.15, -0.1) is 0 Å². The van der Waals surface area contributed by atoms with E-state index < -0.39 is 210 Å². The maximum absolute atomic E-state index is 15.1. The molecule has 22 N–H and O–H groups in total. The number of hydrogen-bond acceptors (Lipinski definition) is 31. The van der Waals surface area contributed by atoms with E-state index in [0.717, 1.165) is 12.8 Å². The van der Waals surface area contributed by atoms with Crippen LogP contribution in [0.15, 0.2) is 97.2 Å². The molecule has 0 saturated heterocycles. The molecule has 0 unspecified atom stereocenters. The van der Waals surface area contributed by atoms with Gasteiger partial charge in [0.2, 0.25) is 41.1 Å². The number of para-hydroxylation sites is 1. The maximum atomic E-state index is 15.1. The number of allylic oxidation sites excluding steroid dienone is 2. The Hall–Kier alpha value is -10.4. The highest BCUT2D eigenvalue weighted by Gasteiger charge is 2.42. The number of amides is 5. The van der Waals surface area contributed by atoms with Gasteiger partial charge in [-0.3, -0.25) is 97.5 Å². The second kappa shape index (κ2) is 60.5. The number of phenols is 1. The molecule has 0 aliphatic carbocycles. The normalized spacial score (nSPS) is 22.2. The van der Waals surface area contributed by atoms with Crippen molar-refractivity contribution in [3.63, 3.8) is 0 Å². The third kappa shape index (κ3) is 41.7. The van der Waals surface area contributed by atoms with Crippen LogP contribution in [0.3, 0.4) is 0 Å². The number of hydrogen-bond donors (Lipinski definition) is 20. The van der Waals surface area contributed by atoms with Crippen LogP contribution in [0.25, 0.3) is 10.9 Å². The van der Waals surface area contributed by atoms with Gasteiger partial charge >= 0.3 is 0 Å². The zero-order chi connectivity index (χ0) is 102. The van der Waals surface area contributed by atoms with Crippen molar-refractivity contribution in [3.05, 3.63) is 114 Å². The molecular weight excluding hydrogens is 1760 g/mol. The number of rotatable bonds is 45. The van der Waals surface area contributed by atoms with Crippen LogP contribution in [0.5, 0.6) is 5.75 Å². The van der Waals surface area contributed by atoms with Crippen LogP contribution in [-0.2, 0) is 101 Å². The Morgan fingerprint density at radius 3 is 1.88 bits per heavy atom. The van der Waals surface area contributed by atoms with Gasteiger partial charge in [-0.2, -0.15) is 0 Å². The lowest BCUT2D eigenvalue weighted by atomic mass is 9.86. The Kier molecular flexibility index (Phi) is 51.7. The zero-order valence-electron chi connectivity index (χ0n) is 82.5. The highest BCUT2D eigenvalue weighted by atomic mass is 16.3. The largest absolute Gasteiger partial charge is 0.508 e. The molecule has 5 amide bonds. The fourth-order valence-electron chi connectivity index (χ4n) is 15.7. The number of nitrogens with two attached hydrogens (primary N) is 2. The number of carbonyl (C=O) groups excluding carboxylic acids is 17. The third-order valence-corrected chi connectivity index (χ3v) is 24.9. The van der Waals surface area contributed by atoms with Crippen LogP contribution >= 0.6 is 0 Å². The van der Waals surface area contributed by atoms with Crippen molar-refractivity contribution in [1.29, 1.82) is 0 Å². The number of benzene rings is 3. The Morgan fingerprint density at radius 2 is 1.22 bits per heavy atom. The molecule has 0 bridgehead atoms. The molecule has 5 rings (SSSR count). The Morgan fingerprint density at radius 1 is 0.584 bits per heavy atom. The van der Waals surface area contributed by atoms with E-state index in [9.17, 15) is 82.1 Å². The number of unbranched alkanes of at least 4 members (excludes halogenated alkanes) is 1. The standard InChI is InChI=1S/C100H154N18O19/c1-15-16-34-75(88(128)56-105-65(9)86(126)53-101)110-59-109-62(6)82(122)42-45-103-63(7)84(124)52-90(130)99(13)43-29-22-20-18-17-19-21-23-30-44-100(14,118-117-78(48-69-31-25-24-26-32-69)94(133)95(134)93(67(11)119)113-97(136)80(46-60(2)3)111-68(12)120)91(131)58-106-66(10)87(127)55-108-79(49-70-36-38-72(121)39-37-70)96(135)112-77(50-71-54-107-74-35-28-27-33-73(71)74)85(125)51-83(123)64(8)104-57-89(129)76(40-41-92(102)132)115-116-81(47-61(4)5)98(137)114-99/h18,20,24-28,31-33,35-39,54,60-67,75-81,93,103-110,115-119,121H,15-17,19,21-23,29-30,34,40-53,55-59,101H2,1-14H3,(H2,102,132)(H,111,120)(H,112,135)(H,113,136)(H,114,137)/t62-,63-,64-,65-,66-,67+,75-,76-,77-,78-,79-,80-,81-,93-,99-,100+/m0/s1. The van der Waals surface area contributed by atoms with Crippen LogP contribution in [0.4, 0.5) is 0 Å². The van der Waals surface area contributed by atoms with Crippen LogP contribution in [0.2, 0.25) is 0 Å². The molecule has 1 aromatic heterocycles. The smallest absolute Gasteiger partial charge is 0.243 e.